The van der Waals surface area contributed by atoms with Gasteiger partial charge in [-0.15, -0.1) is 0 Å². The Balaban J connectivity index is 1.34. The number of nitrogens with zero attached hydrogens (tertiary/aromatic N) is 2. The van der Waals surface area contributed by atoms with Gasteiger partial charge in [0.15, 0.2) is 0 Å². The molecular weight excluding hydrogens is 1040 g/mol. The summed E-state index contributed by atoms with van der Waals surface area (Å²) in [5.41, 5.74) is 22.7. The second-order valence-corrected chi connectivity index (χ2v) is 27.3. The number of hydrogen-bond acceptors (Lipinski definition) is 0. The lowest BCUT2D eigenvalue weighted by Crippen LogP contribution is -2.06. The molecule has 0 amide bonds. The maximum atomic E-state index is 12.7. The fourth-order valence-corrected chi connectivity index (χ4v) is 13.8. The van der Waals surface area contributed by atoms with Gasteiger partial charge in [0.05, 0.1) is 0 Å². The van der Waals surface area contributed by atoms with E-state index in [0.29, 0.717) is 0 Å². The number of allylic oxidation sites excluding steroid dienone is 6. The Hall–Kier alpha value is -3.00. The van der Waals surface area contributed by atoms with Crippen molar-refractivity contribution in [2.24, 2.45) is 0 Å². The molecule has 0 bridgehead atoms. The van der Waals surface area contributed by atoms with Crippen LogP contribution in [0.15, 0.2) is 84.0 Å². The third kappa shape index (κ3) is 39.2. The molecule has 0 saturated heterocycles. The minimum Gasteiger partial charge on any atom is -0.493 e. The van der Waals surface area contributed by atoms with Crippen molar-refractivity contribution in [3.05, 3.63) is 112 Å². The molecule has 86 heavy (non-hydrogen) atoms. The summed E-state index contributed by atoms with van der Waals surface area (Å²) in [7, 11) is 0. The Morgan fingerprint density at radius 1 is 0.244 bits per heavy atom. The Kier molecular flexibility index (Phi) is 52.4. The van der Waals surface area contributed by atoms with Gasteiger partial charge in [-0.2, -0.15) is 0 Å². The van der Waals surface area contributed by atoms with Crippen molar-refractivity contribution in [1.82, 2.24) is 0 Å². The second kappa shape index (κ2) is 58.4. The molecule has 2 heteroatoms. The molecule has 1 aliphatic rings. The average Bonchev–Trinajstić information content (AvgIpc) is 1.76. The van der Waals surface area contributed by atoms with Crippen molar-refractivity contribution in [2.75, 3.05) is 0 Å². The number of unbranched alkanes of at least 4 members (excludes halogenated alkanes) is 50. The molecule has 2 aromatic carbocycles. The molecule has 0 aromatic heterocycles. The molecule has 0 N–H and O–H groups in total. The van der Waals surface area contributed by atoms with Crippen molar-refractivity contribution >= 4 is 11.4 Å². The third-order valence-corrected chi connectivity index (χ3v) is 19.4. The van der Waals surface area contributed by atoms with Crippen molar-refractivity contribution in [3.63, 3.8) is 0 Å². The highest BCUT2D eigenvalue weighted by Crippen LogP contribution is 2.46. The van der Waals surface area contributed by atoms with Gasteiger partial charge in [0.1, 0.15) is 0 Å². The standard InChI is InChI=1S/C84H144N2/c1-5-9-13-15-17-19-21-23-25-27-29-31-33-35-37-39-41-43-45-47-49-51-53-55-57-59-63-69-77-71-65-67-73-79(77)83-81(75-61-11-7-3)82(76-62-12-8-4)84(86(83)85)80-74-68-66-72-78(80)70-64-60-58-56-54-52-50-48-46-44-42-40-38-36-34-32-30-28-26-24-22-20-18-16-14-10-6-2/h57-60,65-68,71-74H,5-56,61-64,69-70,75-76H2,1-4H3. The zero-order valence-corrected chi connectivity index (χ0v) is 58.2. The van der Waals surface area contributed by atoms with E-state index in [0.717, 1.165) is 62.8 Å². The van der Waals surface area contributed by atoms with E-state index < -0.39 is 0 Å². The van der Waals surface area contributed by atoms with Gasteiger partial charge in [0.25, 0.3) is 0 Å². The molecule has 0 saturated carbocycles. The third-order valence-electron chi connectivity index (χ3n) is 19.4. The Labute approximate surface area is 537 Å². The smallest absolute Gasteiger partial charge is 0.211 e. The van der Waals surface area contributed by atoms with Gasteiger partial charge in [0.2, 0.25) is 11.4 Å². The first-order valence-corrected chi connectivity index (χ1v) is 39.1. The molecule has 2 aromatic rings. The molecule has 3 rings (SSSR count). The topological polar surface area (TPSA) is 25.3 Å². The van der Waals surface area contributed by atoms with E-state index in [1.807, 2.05) is 0 Å². The monoisotopic (exact) mass is 1180 g/mol. The second-order valence-electron chi connectivity index (χ2n) is 27.3. The summed E-state index contributed by atoms with van der Waals surface area (Å²) in [6.07, 6.45) is 91.6. The number of aryl methyl sites for hydroxylation is 2. The van der Waals surface area contributed by atoms with E-state index >= 15 is 0 Å². The normalized spacial score (nSPS) is 13.0. The summed E-state index contributed by atoms with van der Waals surface area (Å²) in [5, 5.41) is 0. The lowest BCUT2D eigenvalue weighted by atomic mass is 9.89. The maximum absolute atomic E-state index is 12.7. The molecule has 0 aliphatic carbocycles. The highest BCUT2D eigenvalue weighted by Gasteiger charge is 2.36. The van der Waals surface area contributed by atoms with Crippen LogP contribution < -0.4 is 0 Å². The Morgan fingerprint density at radius 3 is 0.709 bits per heavy atom. The highest BCUT2D eigenvalue weighted by molar-refractivity contribution is 5.83. The predicted molar refractivity (Wildman–Crippen MR) is 387 cm³/mol. The van der Waals surface area contributed by atoms with Crippen molar-refractivity contribution < 1.29 is 4.70 Å². The fourth-order valence-electron chi connectivity index (χ4n) is 13.8. The summed E-state index contributed by atoms with van der Waals surface area (Å²) in [4.78, 5) is 0. The van der Waals surface area contributed by atoms with Crippen LogP contribution in [0.25, 0.3) is 16.9 Å². The molecule has 2 nitrogen and oxygen atoms in total. The summed E-state index contributed by atoms with van der Waals surface area (Å²) >= 11 is 0. The van der Waals surface area contributed by atoms with Crippen molar-refractivity contribution in [3.8, 4) is 0 Å². The van der Waals surface area contributed by atoms with Gasteiger partial charge < -0.3 is 5.53 Å². The molecule has 0 atom stereocenters. The van der Waals surface area contributed by atoms with Gasteiger partial charge in [-0.3, -0.25) is 0 Å². The van der Waals surface area contributed by atoms with Crippen LogP contribution in [0.1, 0.15) is 422 Å². The zero-order chi connectivity index (χ0) is 61.1. The van der Waals surface area contributed by atoms with Gasteiger partial charge >= 0.3 is 0 Å². The van der Waals surface area contributed by atoms with Crippen molar-refractivity contribution in [1.29, 1.82) is 0 Å². The van der Waals surface area contributed by atoms with Crippen molar-refractivity contribution in [2.45, 2.75) is 413 Å². The lowest BCUT2D eigenvalue weighted by Gasteiger charge is -2.14. The van der Waals surface area contributed by atoms with Crippen LogP contribution in [0.3, 0.4) is 0 Å². The Bertz CT molecular complexity index is 1840. The van der Waals surface area contributed by atoms with Gasteiger partial charge in [-0.25, -0.2) is 4.70 Å². The predicted octanol–water partition coefficient (Wildman–Crippen LogP) is 29.8. The van der Waals surface area contributed by atoms with E-state index in [9.17, 15) is 5.53 Å². The number of hydrogen-bond donors (Lipinski definition) is 0. The van der Waals surface area contributed by atoms with Gasteiger partial charge in [-0.1, -0.05) is 397 Å². The molecule has 490 valence electrons. The minimum absolute atomic E-state index is 0.995. The summed E-state index contributed by atoms with van der Waals surface area (Å²) in [6, 6.07) is 18.0. The Morgan fingerprint density at radius 2 is 0.453 bits per heavy atom. The summed E-state index contributed by atoms with van der Waals surface area (Å²) < 4.78 is 1.66. The van der Waals surface area contributed by atoms with E-state index in [4.69, 9.17) is 0 Å². The van der Waals surface area contributed by atoms with E-state index in [1.54, 1.807) is 4.70 Å². The first-order chi connectivity index (χ1) is 42.7. The largest absolute Gasteiger partial charge is 0.493 e. The molecule has 1 aliphatic heterocycles. The maximum Gasteiger partial charge on any atom is 0.211 e. The highest BCUT2D eigenvalue weighted by atomic mass is 15.2. The van der Waals surface area contributed by atoms with Crippen LogP contribution in [0.2, 0.25) is 0 Å². The van der Waals surface area contributed by atoms with Crippen LogP contribution >= 0.6 is 0 Å². The van der Waals surface area contributed by atoms with Crippen LogP contribution in [0, 0.1) is 0 Å². The van der Waals surface area contributed by atoms with E-state index in [-0.39, 0.29) is 0 Å². The molecular formula is C84H144N2. The van der Waals surface area contributed by atoms with Crippen LogP contribution in [-0.4, -0.2) is 4.70 Å². The van der Waals surface area contributed by atoms with Gasteiger partial charge in [-0.05, 0) is 100 Å². The first kappa shape index (κ1) is 77.2. The van der Waals surface area contributed by atoms with E-state index in [2.05, 4.69) is 101 Å². The lowest BCUT2D eigenvalue weighted by molar-refractivity contribution is -0.345. The quantitative estimate of drug-likeness (QED) is 0.0358. The van der Waals surface area contributed by atoms with Crippen LogP contribution in [-0.2, 0) is 12.8 Å². The summed E-state index contributed by atoms with van der Waals surface area (Å²) in [5.74, 6) is 0. The van der Waals surface area contributed by atoms with E-state index in [1.165, 1.54) is 367 Å². The fraction of sp³-hybridized carbons (Fsp3) is 0.762. The molecule has 1 heterocycles. The number of benzene rings is 2. The molecule has 0 unspecified atom stereocenters. The van der Waals surface area contributed by atoms with Gasteiger partial charge in [0, 0.05) is 22.3 Å². The average molecular weight is 1180 g/mol. The zero-order valence-electron chi connectivity index (χ0n) is 58.2. The SMILES string of the molecule is CCCCCCCCCCCCCCCCCCCCCCCCCC=CCCc1ccccc1C1=C(CCCCC)C(CCCCC)=C(c2ccccc2CCC=CCCCCCCCCCCCCCCCCCCCCCCCCC)[N+]1=[N-]. The molecule has 0 radical (unpaired) electrons. The van der Waals surface area contributed by atoms with Crippen LogP contribution in [0.5, 0.6) is 0 Å². The van der Waals surface area contributed by atoms with Crippen LogP contribution in [0.4, 0.5) is 0 Å². The minimum atomic E-state index is 0.995. The first-order valence-electron chi connectivity index (χ1n) is 39.1. The number of rotatable bonds is 64. The molecule has 0 spiro atoms. The molecule has 0 fully saturated rings. The summed E-state index contributed by atoms with van der Waals surface area (Å²) in [6.45, 7) is 9.25.